The molecular weight excluding hydrogens is 260 g/mol. The Morgan fingerprint density at radius 3 is 2.67 bits per heavy atom. The predicted octanol–water partition coefficient (Wildman–Crippen LogP) is 4.24. The summed E-state index contributed by atoms with van der Waals surface area (Å²) < 4.78 is 7.27. The number of hydrogen-bond acceptors (Lipinski definition) is 2. The molecule has 3 heteroatoms. The standard InChI is InChI=1S/C18H16N2O/c1-21-18-9-5-6-16(12-18)19-13-15-10-11-20(14-15)17-7-3-2-4-8-17/h2-14H,1H3. The summed E-state index contributed by atoms with van der Waals surface area (Å²) in [5.41, 5.74) is 3.07. The van der Waals surface area contributed by atoms with Crippen molar-refractivity contribution in [1.82, 2.24) is 4.57 Å². The van der Waals surface area contributed by atoms with Crippen molar-refractivity contribution in [2.24, 2.45) is 4.99 Å². The predicted molar refractivity (Wildman–Crippen MR) is 86.0 cm³/mol. The van der Waals surface area contributed by atoms with E-state index in [9.17, 15) is 0 Å². The summed E-state index contributed by atoms with van der Waals surface area (Å²) in [6, 6.07) is 19.9. The molecule has 3 nitrogen and oxygen atoms in total. The zero-order valence-electron chi connectivity index (χ0n) is 11.8. The number of aromatic nitrogens is 1. The summed E-state index contributed by atoms with van der Waals surface area (Å²) >= 11 is 0. The van der Waals surface area contributed by atoms with Gasteiger partial charge in [0.15, 0.2) is 0 Å². The maximum atomic E-state index is 5.19. The van der Waals surface area contributed by atoms with Crippen LogP contribution in [-0.2, 0) is 0 Å². The third-order valence-electron chi connectivity index (χ3n) is 3.19. The Labute approximate surface area is 124 Å². The average Bonchev–Trinajstić information content (AvgIpc) is 3.03. The van der Waals surface area contributed by atoms with Crippen LogP contribution in [0.3, 0.4) is 0 Å². The zero-order chi connectivity index (χ0) is 14.5. The summed E-state index contributed by atoms with van der Waals surface area (Å²) in [7, 11) is 1.66. The Bertz CT molecular complexity index is 745. The third-order valence-corrected chi connectivity index (χ3v) is 3.19. The molecule has 0 aliphatic carbocycles. The molecule has 0 aliphatic heterocycles. The summed E-state index contributed by atoms with van der Waals surface area (Å²) in [6.07, 6.45) is 5.94. The monoisotopic (exact) mass is 276 g/mol. The number of para-hydroxylation sites is 1. The molecule has 0 fully saturated rings. The van der Waals surface area contributed by atoms with E-state index in [1.807, 2.05) is 60.9 Å². The molecule has 0 amide bonds. The van der Waals surface area contributed by atoms with Gasteiger partial charge >= 0.3 is 0 Å². The first-order chi connectivity index (χ1) is 10.3. The molecule has 0 atom stereocenters. The lowest BCUT2D eigenvalue weighted by molar-refractivity contribution is 0.415. The molecule has 0 bridgehead atoms. The van der Waals surface area contributed by atoms with Gasteiger partial charge in [-0.15, -0.1) is 0 Å². The van der Waals surface area contributed by atoms with E-state index in [-0.39, 0.29) is 0 Å². The van der Waals surface area contributed by atoms with Gasteiger partial charge in [0.05, 0.1) is 12.8 Å². The molecule has 1 aromatic heterocycles. The molecule has 0 saturated heterocycles. The van der Waals surface area contributed by atoms with Gasteiger partial charge in [-0.25, -0.2) is 0 Å². The lowest BCUT2D eigenvalue weighted by Crippen LogP contribution is -1.88. The topological polar surface area (TPSA) is 26.5 Å². The van der Waals surface area contributed by atoms with E-state index in [4.69, 9.17) is 4.74 Å². The Morgan fingerprint density at radius 1 is 1.00 bits per heavy atom. The maximum absolute atomic E-state index is 5.19. The van der Waals surface area contributed by atoms with Crippen molar-refractivity contribution >= 4 is 11.9 Å². The van der Waals surface area contributed by atoms with E-state index in [0.717, 1.165) is 22.7 Å². The highest BCUT2D eigenvalue weighted by atomic mass is 16.5. The number of hydrogen-bond donors (Lipinski definition) is 0. The minimum absolute atomic E-state index is 0.812. The summed E-state index contributed by atoms with van der Waals surface area (Å²) in [4.78, 5) is 4.47. The Balaban J connectivity index is 1.79. The van der Waals surface area contributed by atoms with Gasteiger partial charge in [-0.3, -0.25) is 4.99 Å². The van der Waals surface area contributed by atoms with E-state index >= 15 is 0 Å². The van der Waals surface area contributed by atoms with E-state index in [2.05, 4.69) is 27.9 Å². The van der Waals surface area contributed by atoms with E-state index in [1.165, 1.54) is 0 Å². The average molecular weight is 276 g/mol. The van der Waals surface area contributed by atoms with Crippen molar-refractivity contribution < 1.29 is 4.74 Å². The van der Waals surface area contributed by atoms with Gasteiger partial charge in [0.25, 0.3) is 0 Å². The molecule has 1 heterocycles. The fourth-order valence-electron chi connectivity index (χ4n) is 2.09. The number of rotatable bonds is 4. The summed E-state index contributed by atoms with van der Waals surface area (Å²) in [5.74, 6) is 0.812. The molecule has 104 valence electrons. The molecule has 3 rings (SSSR count). The molecular formula is C18H16N2O. The van der Waals surface area contributed by atoms with Crippen molar-refractivity contribution in [1.29, 1.82) is 0 Å². The highest BCUT2D eigenvalue weighted by Gasteiger charge is 1.97. The van der Waals surface area contributed by atoms with Crippen molar-refractivity contribution in [2.45, 2.75) is 0 Å². The molecule has 0 N–H and O–H groups in total. The fraction of sp³-hybridized carbons (Fsp3) is 0.0556. The van der Waals surface area contributed by atoms with Gasteiger partial charge in [0.1, 0.15) is 5.75 Å². The highest BCUT2D eigenvalue weighted by Crippen LogP contribution is 2.19. The van der Waals surface area contributed by atoms with Gasteiger partial charge in [-0.2, -0.15) is 0 Å². The lowest BCUT2D eigenvalue weighted by atomic mass is 10.3. The molecule has 0 aliphatic rings. The molecule has 0 spiro atoms. The molecule has 0 unspecified atom stereocenters. The molecule has 21 heavy (non-hydrogen) atoms. The van der Waals surface area contributed by atoms with Crippen molar-refractivity contribution in [3.05, 3.63) is 78.6 Å². The van der Waals surface area contributed by atoms with Gasteiger partial charge in [-0.05, 0) is 30.3 Å². The first kappa shape index (κ1) is 13.2. The second-order valence-electron chi connectivity index (χ2n) is 4.65. The Morgan fingerprint density at radius 2 is 1.86 bits per heavy atom. The quantitative estimate of drug-likeness (QED) is 0.655. The van der Waals surface area contributed by atoms with Crippen LogP contribution in [0.25, 0.3) is 5.69 Å². The first-order valence-corrected chi connectivity index (χ1v) is 6.77. The normalized spacial score (nSPS) is 10.9. The third kappa shape index (κ3) is 3.20. The van der Waals surface area contributed by atoms with E-state index in [1.54, 1.807) is 7.11 Å². The smallest absolute Gasteiger partial charge is 0.121 e. The van der Waals surface area contributed by atoms with E-state index < -0.39 is 0 Å². The van der Waals surface area contributed by atoms with E-state index in [0.29, 0.717) is 0 Å². The number of ether oxygens (including phenoxy) is 1. The minimum atomic E-state index is 0.812. The van der Waals surface area contributed by atoms with Crippen LogP contribution in [0.2, 0.25) is 0 Å². The van der Waals surface area contributed by atoms with Crippen molar-refractivity contribution in [3.8, 4) is 11.4 Å². The number of aliphatic imine (C=N–C) groups is 1. The van der Waals surface area contributed by atoms with Gasteiger partial charge in [-0.1, -0.05) is 24.3 Å². The van der Waals surface area contributed by atoms with Gasteiger partial charge in [0.2, 0.25) is 0 Å². The van der Waals surface area contributed by atoms with Crippen LogP contribution in [0.15, 0.2) is 78.0 Å². The Kier molecular flexibility index (Phi) is 3.83. The summed E-state index contributed by atoms with van der Waals surface area (Å²) in [6.45, 7) is 0. The van der Waals surface area contributed by atoms with Crippen LogP contribution >= 0.6 is 0 Å². The molecule has 0 radical (unpaired) electrons. The van der Waals surface area contributed by atoms with Gasteiger partial charge in [0, 0.05) is 35.9 Å². The highest BCUT2D eigenvalue weighted by molar-refractivity contribution is 5.82. The zero-order valence-corrected chi connectivity index (χ0v) is 11.8. The van der Waals surface area contributed by atoms with Crippen LogP contribution in [-0.4, -0.2) is 17.9 Å². The van der Waals surface area contributed by atoms with Crippen LogP contribution in [0, 0.1) is 0 Å². The maximum Gasteiger partial charge on any atom is 0.121 e. The van der Waals surface area contributed by atoms with Crippen molar-refractivity contribution in [3.63, 3.8) is 0 Å². The first-order valence-electron chi connectivity index (χ1n) is 6.77. The fourth-order valence-corrected chi connectivity index (χ4v) is 2.09. The molecule has 0 saturated carbocycles. The largest absolute Gasteiger partial charge is 0.497 e. The second-order valence-corrected chi connectivity index (χ2v) is 4.65. The number of methoxy groups -OCH3 is 1. The van der Waals surface area contributed by atoms with Crippen LogP contribution < -0.4 is 4.74 Å². The Hall–Kier alpha value is -2.81. The van der Waals surface area contributed by atoms with Crippen LogP contribution in [0.1, 0.15) is 5.56 Å². The number of nitrogens with zero attached hydrogens (tertiary/aromatic N) is 2. The van der Waals surface area contributed by atoms with Crippen molar-refractivity contribution in [2.75, 3.05) is 7.11 Å². The molecule has 2 aromatic carbocycles. The minimum Gasteiger partial charge on any atom is -0.497 e. The summed E-state index contributed by atoms with van der Waals surface area (Å²) in [5, 5.41) is 0. The second kappa shape index (κ2) is 6.09. The van der Waals surface area contributed by atoms with Crippen LogP contribution in [0.5, 0.6) is 5.75 Å². The number of benzene rings is 2. The van der Waals surface area contributed by atoms with Gasteiger partial charge < -0.3 is 9.30 Å². The SMILES string of the molecule is COc1cccc(N=Cc2ccn(-c3ccccc3)c2)c1. The lowest BCUT2D eigenvalue weighted by Gasteiger charge is -2.00. The molecule has 3 aromatic rings. The van der Waals surface area contributed by atoms with Crippen LogP contribution in [0.4, 0.5) is 5.69 Å².